The zero-order chi connectivity index (χ0) is 20.8. The second-order valence-corrected chi connectivity index (χ2v) is 7.49. The molecule has 6 nitrogen and oxygen atoms in total. The molecule has 2 aromatic rings. The van der Waals surface area contributed by atoms with E-state index < -0.39 is 23.9 Å². The average molecular weight is 415 g/mol. The van der Waals surface area contributed by atoms with Crippen LogP contribution < -0.4 is 5.32 Å². The van der Waals surface area contributed by atoms with Crippen molar-refractivity contribution in [2.24, 2.45) is 5.92 Å². The highest BCUT2D eigenvalue weighted by Crippen LogP contribution is 2.21. The number of nitrogens with zero attached hydrogens (tertiary/aromatic N) is 1. The molecule has 0 saturated carbocycles. The van der Waals surface area contributed by atoms with Gasteiger partial charge in [0.1, 0.15) is 0 Å². The zero-order valence-corrected chi connectivity index (χ0v) is 16.9. The number of benzene rings is 2. The smallest absolute Gasteiger partial charge is 0.312 e. The highest BCUT2D eigenvalue weighted by molar-refractivity contribution is 6.30. The number of amides is 2. The number of anilines is 1. The van der Waals surface area contributed by atoms with Crippen molar-refractivity contribution in [2.45, 2.75) is 25.9 Å². The first kappa shape index (κ1) is 20.9. The molecule has 7 heteroatoms. The SMILES string of the molecule is C[C@H](OC(=O)[C@H]1CC(=O)N(CCc2ccccc2)C1)C(=O)Nc1cccc(Cl)c1. The fourth-order valence-corrected chi connectivity index (χ4v) is 3.38. The first-order valence-corrected chi connectivity index (χ1v) is 9.89. The average Bonchev–Trinajstić information content (AvgIpc) is 3.08. The van der Waals surface area contributed by atoms with Crippen LogP contribution in [-0.2, 0) is 25.5 Å². The summed E-state index contributed by atoms with van der Waals surface area (Å²) in [5, 5.41) is 3.15. The lowest BCUT2D eigenvalue weighted by Gasteiger charge is -2.18. The molecule has 0 unspecified atom stereocenters. The van der Waals surface area contributed by atoms with E-state index in [0.29, 0.717) is 23.8 Å². The summed E-state index contributed by atoms with van der Waals surface area (Å²) < 4.78 is 5.30. The minimum absolute atomic E-state index is 0.0705. The second kappa shape index (κ2) is 9.56. The van der Waals surface area contributed by atoms with Crippen molar-refractivity contribution >= 4 is 35.1 Å². The molecule has 0 aromatic heterocycles. The van der Waals surface area contributed by atoms with Crippen molar-refractivity contribution in [1.82, 2.24) is 4.90 Å². The Kier molecular flexibility index (Phi) is 6.88. The van der Waals surface area contributed by atoms with Crippen LogP contribution >= 0.6 is 11.6 Å². The van der Waals surface area contributed by atoms with E-state index in [1.165, 1.54) is 6.92 Å². The highest BCUT2D eigenvalue weighted by atomic mass is 35.5. The van der Waals surface area contributed by atoms with Gasteiger partial charge in [0.05, 0.1) is 5.92 Å². The number of ether oxygens (including phenoxy) is 1. The summed E-state index contributed by atoms with van der Waals surface area (Å²) in [6.07, 6.45) is -0.141. The standard InChI is InChI=1S/C22H23ClN2O4/c1-15(21(27)24-19-9-5-8-18(23)13-19)29-22(28)17-12-20(26)25(14-17)11-10-16-6-3-2-4-7-16/h2-9,13,15,17H,10-12,14H2,1H3,(H,24,27)/t15-,17-/m0/s1. The topological polar surface area (TPSA) is 75.7 Å². The maximum absolute atomic E-state index is 12.4. The first-order chi connectivity index (χ1) is 13.9. The number of esters is 1. The molecule has 2 aromatic carbocycles. The van der Waals surface area contributed by atoms with Crippen LogP contribution in [0.3, 0.4) is 0 Å². The predicted octanol–water partition coefficient (Wildman–Crippen LogP) is 3.30. The van der Waals surface area contributed by atoms with Crippen molar-refractivity contribution in [3.8, 4) is 0 Å². The molecule has 1 aliphatic rings. The van der Waals surface area contributed by atoms with E-state index in [1.54, 1.807) is 29.2 Å². The van der Waals surface area contributed by atoms with Crippen molar-refractivity contribution in [3.63, 3.8) is 0 Å². The van der Waals surface area contributed by atoms with Gasteiger partial charge in [0.25, 0.3) is 5.91 Å². The Morgan fingerprint density at radius 2 is 1.97 bits per heavy atom. The third kappa shape index (κ3) is 5.81. The summed E-state index contributed by atoms with van der Waals surface area (Å²) in [6, 6.07) is 16.6. The second-order valence-electron chi connectivity index (χ2n) is 7.06. The van der Waals surface area contributed by atoms with Crippen LogP contribution in [0.25, 0.3) is 0 Å². The number of nitrogens with one attached hydrogen (secondary N) is 1. The molecule has 1 aliphatic heterocycles. The molecule has 1 N–H and O–H groups in total. The monoisotopic (exact) mass is 414 g/mol. The van der Waals surface area contributed by atoms with E-state index in [2.05, 4.69) is 5.32 Å². The summed E-state index contributed by atoms with van der Waals surface area (Å²) in [5.74, 6) is -1.61. The number of hydrogen-bond acceptors (Lipinski definition) is 4. The zero-order valence-electron chi connectivity index (χ0n) is 16.1. The van der Waals surface area contributed by atoms with E-state index in [0.717, 1.165) is 12.0 Å². The molecular weight excluding hydrogens is 392 g/mol. The molecule has 1 fully saturated rings. The van der Waals surface area contributed by atoms with Crippen molar-refractivity contribution < 1.29 is 19.1 Å². The third-order valence-corrected chi connectivity index (χ3v) is 5.05. The number of rotatable bonds is 7. The van der Waals surface area contributed by atoms with E-state index in [-0.39, 0.29) is 12.3 Å². The summed E-state index contributed by atoms with van der Waals surface area (Å²) in [6.45, 7) is 2.37. The van der Waals surface area contributed by atoms with Gasteiger partial charge in [-0.05, 0) is 37.1 Å². The quantitative estimate of drug-likeness (QED) is 0.705. The first-order valence-electron chi connectivity index (χ1n) is 9.51. The van der Waals surface area contributed by atoms with Gasteiger partial charge in [0.2, 0.25) is 5.91 Å². The Bertz CT molecular complexity index is 887. The van der Waals surface area contributed by atoms with Crippen LogP contribution in [0.1, 0.15) is 18.9 Å². The largest absolute Gasteiger partial charge is 0.452 e. The Labute approximate surface area is 174 Å². The Morgan fingerprint density at radius 1 is 1.21 bits per heavy atom. The summed E-state index contributed by atoms with van der Waals surface area (Å²) in [5.41, 5.74) is 1.66. The van der Waals surface area contributed by atoms with Crippen LogP contribution in [0.15, 0.2) is 54.6 Å². The maximum atomic E-state index is 12.4. The van der Waals surface area contributed by atoms with Crippen molar-refractivity contribution in [2.75, 3.05) is 18.4 Å². The van der Waals surface area contributed by atoms with E-state index in [1.807, 2.05) is 30.3 Å². The fourth-order valence-electron chi connectivity index (χ4n) is 3.19. The van der Waals surface area contributed by atoms with Gasteiger partial charge in [-0.1, -0.05) is 48.0 Å². The van der Waals surface area contributed by atoms with Gasteiger partial charge in [-0.3, -0.25) is 14.4 Å². The van der Waals surface area contributed by atoms with Gasteiger partial charge in [-0.2, -0.15) is 0 Å². The van der Waals surface area contributed by atoms with Gasteiger partial charge < -0.3 is 15.0 Å². The Hall–Kier alpha value is -2.86. The minimum atomic E-state index is -0.977. The van der Waals surface area contributed by atoms with Crippen LogP contribution in [0, 0.1) is 5.92 Å². The van der Waals surface area contributed by atoms with E-state index >= 15 is 0 Å². The number of likely N-dealkylation sites (tertiary alicyclic amines) is 1. The lowest BCUT2D eigenvalue weighted by Crippen LogP contribution is -2.33. The van der Waals surface area contributed by atoms with Crippen LogP contribution in [-0.4, -0.2) is 41.9 Å². The number of hydrogen-bond donors (Lipinski definition) is 1. The Morgan fingerprint density at radius 3 is 2.69 bits per heavy atom. The minimum Gasteiger partial charge on any atom is -0.452 e. The van der Waals surface area contributed by atoms with Gasteiger partial charge in [0.15, 0.2) is 6.10 Å². The molecular formula is C22H23ClN2O4. The number of halogens is 1. The maximum Gasteiger partial charge on any atom is 0.312 e. The molecule has 1 heterocycles. The van der Waals surface area contributed by atoms with E-state index in [9.17, 15) is 14.4 Å². The van der Waals surface area contributed by atoms with Gasteiger partial charge >= 0.3 is 5.97 Å². The molecule has 0 aliphatic carbocycles. The Balaban J connectivity index is 1.48. The van der Waals surface area contributed by atoms with Crippen LogP contribution in [0.4, 0.5) is 5.69 Å². The molecule has 2 atom stereocenters. The lowest BCUT2D eigenvalue weighted by atomic mass is 10.1. The summed E-state index contributed by atoms with van der Waals surface area (Å²) >= 11 is 5.90. The normalized spacial score (nSPS) is 17.1. The lowest BCUT2D eigenvalue weighted by molar-refractivity contribution is -0.157. The van der Waals surface area contributed by atoms with Crippen LogP contribution in [0.5, 0.6) is 0 Å². The molecule has 1 saturated heterocycles. The number of carbonyl (C=O) groups is 3. The third-order valence-electron chi connectivity index (χ3n) is 4.82. The molecule has 152 valence electrons. The molecule has 0 bridgehead atoms. The number of carbonyl (C=O) groups excluding carboxylic acids is 3. The van der Waals surface area contributed by atoms with Gasteiger partial charge in [-0.15, -0.1) is 0 Å². The van der Waals surface area contributed by atoms with Gasteiger partial charge in [0, 0.05) is 30.2 Å². The van der Waals surface area contributed by atoms with Crippen molar-refractivity contribution in [3.05, 3.63) is 65.2 Å². The molecule has 29 heavy (non-hydrogen) atoms. The highest BCUT2D eigenvalue weighted by Gasteiger charge is 2.36. The molecule has 0 radical (unpaired) electrons. The summed E-state index contributed by atoms with van der Waals surface area (Å²) in [7, 11) is 0. The van der Waals surface area contributed by atoms with Crippen LogP contribution in [0.2, 0.25) is 5.02 Å². The summed E-state index contributed by atoms with van der Waals surface area (Å²) in [4.78, 5) is 38.6. The molecule has 2 amide bonds. The van der Waals surface area contributed by atoms with Gasteiger partial charge in [-0.25, -0.2) is 0 Å². The molecule has 3 rings (SSSR count). The predicted molar refractivity (Wildman–Crippen MR) is 110 cm³/mol. The van der Waals surface area contributed by atoms with E-state index in [4.69, 9.17) is 16.3 Å². The molecule has 0 spiro atoms. The fraction of sp³-hybridized carbons (Fsp3) is 0.318. The van der Waals surface area contributed by atoms with Crippen molar-refractivity contribution in [1.29, 1.82) is 0 Å².